The number of ether oxygens (including phenoxy) is 2. The summed E-state index contributed by atoms with van der Waals surface area (Å²) in [5, 5.41) is 3.48. The van der Waals surface area contributed by atoms with Crippen LogP contribution < -0.4 is 10.6 Å². The van der Waals surface area contributed by atoms with Crippen molar-refractivity contribution in [2.45, 2.75) is 63.1 Å². The highest BCUT2D eigenvalue weighted by atomic mass is 19.4. The average molecular weight is 422 g/mol. The number of halogens is 6. The molecule has 12 heteroatoms. The number of nitrogens with one attached hydrogen (secondary N) is 2. The number of hydrogen-bond donors (Lipinski definition) is 2. The van der Waals surface area contributed by atoms with Crippen molar-refractivity contribution in [1.82, 2.24) is 10.6 Å². The number of carbonyl (C=O) groups excluding carboxylic acids is 2. The fraction of sp³-hybridized carbons (Fsp3) is 0.875. The molecule has 164 valence electrons. The fourth-order valence-corrected chi connectivity index (χ4v) is 2.69. The van der Waals surface area contributed by atoms with Gasteiger partial charge in [-0.2, -0.15) is 26.3 Å². The van der Waals surface area contributed by atoms with Gasteiger partial charge in [-0.1, -0.05) is 6.42 Å². The third kappa shape index (κ3) is 9.09. The molecule has 0 radical (unpaired) electrons. The maximum atomic E-state index is 12.1. The first-order chi connectivity index (χ1) is 13.0. The van der Waals surface area contributed by atoms with Crippen LogP contribution in [0.5, 0.6) is 0 Å². The molecule has 1 fully saturated rings. The normalized spacial score (nSPS) is 17.2. The highest BCUT2D eigenvalue weighted by Crippen LogP contribution is 2.33. The Bertz CT molecular complexity index is 466. The summed E-state index contributed by atoms with van der Waals surface area (Å²) in [5.41, 5.74) is 0. The summed E-state index contributed by atoms with van der Waals surface area (Å²) in [6, 6.07) is 0. The second kappa shape index (κ2) is 10.8. The van der Waals surface area contributed by atoms with Gasteiger partial charge >= 0.3 is 24.2 Å². The molecule has 1 rings (SSSR count). The van der Waals surface area contributed by atoms with Crippen molar-refractivity contribution in [1.29, 1.82) is 0 Å². The lowest BCUT2D eigenvalue weighted by Gasteiger charge is -2.37. The van der Waals surface area contributed by atoms with Gasteiger partial charge < -0.3 is 20.1 Å². The molecule has 0 aromatic heterocycles. The first-order valence-electron chi connectivity index (χ1n) is 8.94. The molecule has 1 aliphatic carbocycles. The molecule has 0 aromatic carbocycles. The Balaban J connectivity index is 2.30. The van der Waals surface area contributed by atoms with Crippen LogP contribution in [-0.4, -0.2) is 56.3 Å². The Morgan fingerprint density at radius 2 is 1.14 bits per heavy atom. The van der Waals surface area contributed by atoms with Crippen LogP contribution in [0.4, 0.5) is 26.3 Å². The SMILES string of the molecule is O=C(NCCCOC1(OCCCNC(=O)C(F)(F)F)CCCCC1)C(F)(F)F. The molecule has 28 heavy (non-hydrogen) atoms. The van der Waals surface area contributed by atoms with Gasteiger partial charge in [0.1, 0.15) is 0 Å². The lowest BCUT2D eigenvalue weighted by atomic mass is 9.94. The Morgan fingerprint density at radius 1 is 0.750 bits per heavy atom. The average Bonchev–Trinajstić information content (AvgIpc) is 2.60. The van der Waals surface area contributed by atoms with Gasteiger partial charge in [-0.3, -0.25) is 9.59 Å². The standard InChI is InChI=1S/C16H24F6N2O4/c17-15(18,19)12(25)23-8-4-10-27-14(6-2-1-3-7-14)28-11-5-9-24-13(26)16(20,21)22/h1-11H2,(H,23,25)(H,24,26). The number of rotatable bonds is 10. The minimum absolute atomic E-state index is 0.0585. The molecule has 2 amide bonds. The molecule has 1 saturated carbocycles. The summed E-state index contributed by atoms with van der Waals surface area (Å²) in [7, 11) is 0. The number of alkyl halides is 6. The van der Waals surface area contributed by atoms with E-state index in [4.69, 9.17) is 9.47 Å². The number of amides is 2. The lowest BCUT2D eigenvalue weighted by molar-refractivity contribution is -0.252. The summed E-state index contributed by atoms with van der Waals surface area (Å²) in [6.07, 6.45) is -5.87. The van der Waals surface area contributed by atoms with E-state index >= 15 is 0 Å². The Labute approximate surface area is 158 Å². The summed E-state index contributed by atoms with van der Waals surface area (Å²) in [6.45, 7) is -0.304. The van der Waals surface area contributed by atoms with Crippen LogP contribution in [0, 0.1) is 0 Å². The summed E-state index contributed by atoms with van der Waals surface area (Å²) in [5.74, 6) is -4.98. The van der Waals surface area contributed by atoms with E-state index in [0.717, 1.165) is 19.3 Å². The van der Waals surface area contributed by atoms with Gasteiger partial charge in [0, 0.05) is 25.9 Å². The van der Waals surface area contributed by atoms with Crippen molar-refractivity contribution in [3.8, 4) is 0 Å². The minimum Gasteiger partial charge on any atom is -0.350 e. The van der Waals surface area contributed by atoms with Gasteiger partial charge in [0.15, 0.2) is 5.79 Å². The molecule has 0 aliphatic heterocycles. The maximum Gasteiger partial charge on any atom is 0.471 e. The van der Waals surface area contributed by atoms with Gasteiger partial charge in [-0.25, -0.2) is 0 Å². The molecular formula is C16H24F6N2O4. The van der Waals surface area contributed by atoms with Gasteiger partial charge in [0.25, 0.3) is 0 Å². The number of hydrogen-bond acceptors (Lipinski definition) is 4. The third-order valence-corrected chi connectivity index (χ3v) is 4.07. The van der Waals surface area contributed by atoms with E-state index in [-0.39, 0.29) is 39.1 Å². The van der Waals surface area contributed by atoms with Crippen LogP contribution in [-0.2, 0) is 19.1 Å². The summed E-state index contributed by atoms with van der Waals surface area (Å²) >= 11 is 0. The van der Waals surface area contributed by atoms with Crippen LogP contribution >= 0.6 is 0 Å². The predicted octanol–water partition coefficient (Wildman–Crippen LogP) is 2.82. The van der Waals surface area contributed by atoms with E-state index in [9.17, 15) is 35.9 Å². The van der Waals surface area contributed by atoms with Crippen LogP contribution in [0.1, 0.15) is 44.9 Å². The molecule has 0 unspecified atom stereocenters. The third-order valence-electron chi connectivity index (χ3n) is 4.07. The number of carbonyl (C=O) groups is 2. The highest BCUT2D eigenvalue weighted by molar-refractivity contribution is 5.81. The first kappa shape index (κ1) is 24.5. The van der Waals surface area contributed by atoms with Gasteiger partial charge in [-0.05, 0) is 25.7 Å². The van der Waals surface area contributed by atoms with Crippen LogP contribution in [0.2, 0.25) is 0 Å². The first-order valence-corrected chi connectivity index (χ1v) is 8.94. The zero-order chi connectivity index (χ0) is 21.3. The molecule has 0 spiro atoms. The maximum absolute atomic E-state index is 12.1. The van der Waals surface area contributed by atoms with E-state index in [1.807, 2.05) is 0 Å². The molecular weight excluding hydrogens is 398 g/mol. The van der Waals surface area contributed by atoms with E-state index in [2.05, 4.69) is 0 Å². The van der Waals surface area contributed by atoms with E-state index in [1.54, 1.807) is 10.6 Å². The Kier molecular flexibility index (Phi) is 9.48. The van der Waals surface area contributed by atoms with Crippen molar-refractivity contribution in [3.63, 3.8) is 0 Å². The second-order valence-corrected chi connectivity index (χ2v) is 6.38. The molecule has 6 nitrogen and oxygen atoms in total. The zero-order valence-electron chi connectivity index (χ0n) is 15.2. The van der Waals surface area contributed by atoms with E-state index in [0.29, 0.717) is 12.8 Å². The van der Waals surface area contributed by atoms with Crippen LogP contribution in [0.3, 0.4) is 0 Å². The molecule has 0 heterocycles. The van der Waals surface area contributed by atoms with Crippen LogP contribution in [0.15, 0.2) is 0 Å². The Hall–Kier alpha value is -1.56. The summed E-state index contributed by atoms with van der Waals surface area (Å²) in [4.78, 5) is 21.4. The fourth-order valence-electron chi connectivity index (χ4n) is 2.69. The van der Waals surface area contributed by atoms with Gasteiger partial charge in [0.2, 0.25) is 0 Å². The van der Waals surface area contributed by atoms with Crippen molar-refractivity contribution in [2.75, 3.05) is 26.3 Å². The smallest absolute Gasteiger partial charge is 0.350 e. The zero-order valence-corrected chi connectivity index (χ0v) is 15.2. The van der Waals surface area contributed by atoms with Gasteiger partial charge in [-0.15, -0.1) is 0 Å². The summed E-state index contributed by atoms with van der Waals surface area (Å²) < 4.78 is 83.8. The van der Waals surface area contributed by atoms with Gasteiger partial charge in [0.05, 0.1) is 13.2 Å². The topological polar surface area (TPSA) is 76.7 Å². The van der Waals surface area contributed by atoms with E-state index < -0.39 is 30.0 Å². The van der Waals surface area contributed by atoms with Crippen molar-refractivity contribution < 1.29 is 45.4 Å². The highest BCUT2D eigenvalue weighted by Gasteiger charge is 2.39. The molecule has 0 atom stereocenters. The molecule has 0 bridgehead atoms. The van der Waals surface area contributed by atoms with Crippen molar-refractivity contribution in [3.05, 3.63) is 0 Å². The quantitative estimate of drug-likeness (QED) is 0.323. The second-order valence-electron chi connectivity index (χ2n) is 6.38. The molecule has 0 saturated heterocycles. The molecule has 0 aromatic rings. The van der Waals surface area contributed by atoms with Crippen molar-refractivity contribution in [2.24, 2.45) is 0 Å². The molecule has 2 N–H and O–H groups in total. The molecule has 1 aliphatic rings. The largest absolute Gasteiger partial charge is 0.471 e. The Morgan fingerprint density at radius 3 is 1.50 bits per heavy atom. The lowest BCUT2D eigenvalue weighted by Crippen LogP contribution is -2.41. The van der Waals surface area contributed by atoms with Crippen LogP contribution in [0.25, 0.3) is 0 Å². The van der Waals surface area contributed by atoms with E-state index in [1.165, 1.54) is 0 Å². The van der Waals surface area contributed by atoms with Crippen molar-refractivity contribution >= 4 is 11.8 Å². The minimum atomic E-state index is -4.93. The monoisotopic (exact) mass is 422 g/mol. The predicted molar refractivity (Wildman–Crippen MR) is 85.1 cm³/mol.